The summed E-state index contributed by atoms with van der Waals surface area (Å²) in [6.45, 7) is 2.11. The van der Waals surface area contributed by atoms with Gasteiger partial charge in [0.1, 0.15) is 17.8 Å². The van der Waals surface area contributed by atoms with Gasteiger partial charge in [0.25, 0.3) is 0 Å². The van der Waals surface area contributed by atoms with Gasteiger partial charge in [-0.3, -0.25) is 0 Å². The van der Waals surface area contributed by atoms with Gasteiger partial charge in [-0.1, -0.05) is 25.1 Å². The van der Waals surface area contributed by atoms with Gasteiger partial charge in [-0.25, -0.2) is 9.97 Å². The van der Waals surface area contributed by atoms with E-state index in [0.29, 0.717) is 17.3 Å². The summed E-state index contributed by atoms with van der Waals surface area (Å²) >= 11 is 0. The molecule has 1 heterocycles. The Morgan fingerprint density at radius 1 is 0.960 bits per heavy atom. The summed E-state index contributed by atoms with van der Waals surface area (Å²) in [6, 6.07) is 15.6. The van der Waals surface area contributed by atoms with E-state index >= 15 is 0 Å². The number of nitrogens with one attached hydrogen (secondary N) is 2. The van der Waals surface area contributed by atoms with Gasteiger partial charge in [0.2, 0.25) is 0 Å². The van der Waals surface area contributed by atoms with Gasteiger partial charge in [0.15, 0.2) is 11.6 Å². The third kappa shape index (κ3) is 3.80. The third-order valence-electron chi connectivity index (χ3n) is 3.89. The molecule has 0 radical (unpaired) electrons. The molecule has 2 aromatic carbocycles. The number of nitrogens with zero attached hydrogens (tertiary/aromatic N) is 2. The molecule has 0 unspecified atom stereocenters. The first-order valence-electron chi connectivity index (χ1n) is 8.07. The first-order chi connectivity index (χ1) is 12.2. The summed E-state index contributed by atoms with van der Waals surface area (Å²) in [6.07, 6.45) is 2.41. The molecule has 4 N–H and O–H groups in total. The van der Waals surface area contributed by atoms with Crippen molar-refractivity contribution < 1.29 is 4.74 Å². The Morgan fingerprint density at radius 2 is 1.64 bits per heavy atom. The molecule has 0 amide bonds. The average molecular weight is 335 g/mol. The van der Waals surface area contributed by atoms with E-state index < -0.39 is 0 Å². The van der Waals surface area contributed by atoms with Crippen LogP contribution >= 0.6 is 0 Å². The predicted molar refractivity (Wildman–Crippen MR) is 102 cm³/mol. The van der Waals surface area contributed by atoms with Gasteiger partial charge < -0.3 is 21.1 Å². The summed E-state index contributed by atoms with van der Waals surface area (Å²) < 4.78 is 5.16. The Hall–Kier alpha value is -3.28. The van der Waals surface area contributed by atoms with Crippen LogP contribution in [0.15, 0.2) is 54.9 Å². The number of nitrogens with two attached hydrogens (primary N) is 1. The number of hydrogen-bond acceptors (Lipinski definition) is 6. The Balaban J connectivity index is 1.84. The highest BCUT2D eigenvalue weighted by Crippen LogP contribution is 2.29. The maximum absolute atomic E-state index is 6.25. The van der Waals surface area contributed by atoms with Crippen molar-refractivity contribution in [2.45, 2.75) is 13.3 Å². The van der Waals surface area contributed by atoms with Crippen LogP contribution in [-0.4, -0.2) is 17.1 Å². The molecule has 0 aliphatic rings. The van der Waals surface area contributed by atoms with Gasteiger partial charge >= 0.3 is 0 Å². The van der Waals surface area contributed by atoms with Gasteiger partial charge in [0.05, 0.1) is 7.11 Å². The number of aryl methyl sites for hydroxylation is 1. The molecule has 128 valence electrons. The summed E-state index contributed by atoms with van der Waals surface area (Å²) in [5, 5.41) is 6.51. The maximum atomic E-state index is 6.25. The van der Waals surface area contributed by atoms with Crippen LogP contribution in [-0.2, 0) is 6.42 Å². The van der Waals surface area contributed by atoms with Gasteiger partial charge in [-0.15, -0.1) is 0 Å². The molecule has 0 fully saturated rings. The van der Waals surface area contributed by atoms with Crippen LogP contribution in [0.25, 0.3) is 0 Å². The second-order valence-corrected chi connectivity index (χ2v) is 5.47. The monoisotopic (exact) mass is 335 g/mol. The zero-order valence-corrected chi connectivity index (χ0v) is 14.3. The van der Waals surface area contributed by atoms with E-state index in [4.69, 9.17) is 10.5 Å². The molecule has 6 heteroatoms. The summed E-state index contributed by atoms with van der Waals surface area (Å²) in [4.78, 5) is 8.51. The molecule has 0 aliphatic carbocycles. The minimum Gasteiger partial charge on any atom is -0.497 e. The Labute approximate surface area is 147 Å². The summed E-state index contributed by atoms with van der Waals surface area (Å²) in [5.74, 6) is 1.92. The lowest BCUT2D eigenvalue weighted by atomic mass is 10.1. The van der Waals surface area contributed by atoms with Crippen molar-refractivity contribution in [2.75, 3.05) is 23.5 Å². The van der Waals surface area contributed by atoms with Crippen molar-refractivity contribution in [3.8, 4) is 5.75 Å². The second kappa shape index (κ2) is 7.53. The molecule has 0 aliphatic heterocycles. The van der Waals surface area contributed by atoms with Crippen molar-refractivity contribution in [3.05, 3.63) is 60.4 Å². The molecular formula is C19H21N5O. The maximum Gasteiger partial charge on any atom is 0.159 e. The molecule has 0 atom stereocenters. The SMILES string of the molecule is CCc1ccccc1Nc1ncnc(Nc2ccc(OC)cc2)c1N. The average Bonchev–Trinajstić information content (AvgIpc) is 2.66. The largest absolute Gasteiger partial charge is 0.497 e. The highest BCUT2D eigenvalue weighted by Gasteiger charge is 2.10. The van der Waals surface area contributed by atoms with Crippen molar-refractivity contribution in [1.29, 1.82) is 0 Å². The lowest BCUT2D eigenvalue weighted by molar-refractivity contribution is 0.415. The molecule has 6 nitrogen and oxygen atoms in total. The Bertz CT molecular complexity index is 849. The minimum absolute atomic E-state index is 0.462. The number of rotatable bonds is 6. The second-order valence-electron chi connectivity index (χ2n) is 5.47. The summed E-state index contributed by atoms with van der Waals surface area (Å²) in [7, 11) is 1.64. The summed E-state index contributed by atoms with van der Waals surface area (Å²) in [5.41, 5.74) is 9.77. The highest BCUT2D eigenvalue weighted by molar-refractivity contribution is 5.80. The van der Waals surface area contributed by atoms with Crippen molar-refractivity contribution in [2.24, 2.45) is 0 Å². The lowest BCUT2D eigenvalue weighted by Gasteiger charge is -2.14. The van der Waals surface area contributed by atoms with E-state index in [0.717, 1.165) is 23.5 Å². The van der Waals surface area contributed by atoms with Crippen LogP contribution in [0.4, 0.5) is 28.7 Å². The van der Waals surface area contributed by atoms with Gasteiger partial charge in [0, 0.05) is 11.4 Å². The quantitative estimate of drug-likeness (QED) is 0.628. The zero-order chi connectivity index (χ0) is 17.6. The van der Waals surface area contributed by atoms with Crippen LogP contribution in [0.5, 0.6) is 5.75 Å². The third-order valence-corrected chi connectivity index (χ3v) is 3.89. The van der Waals surface area contributed by atoms with Crippen molar-refractivity contribution in [1.82, 2.24) is 9.97 Å². The predicted octanol–water partition coefficient (Wildman–Crippen LogP) is 4.12. The molecule has 0 saturated carbocycles. The van der Waals surface area contributed by atoms with Crippen LogP contribution in [0.1, 0.15) is 12.5 Å². The van der Waals surface area contributed by atoms with Crippen molar-refractivity contribution >= 4 is 28.7 Å². The molecular weight excluding hydrogens is 314 g/mol. The van der Waals surface area contributed by atoms with Gasteiger partial charge in [-0.2, -0.15) is 0 Å². The lowest BCUT2D eigenvalue weighted by Crippen LogP contribution is -2.06. The number of hydrogen-bond donors (Lipinski definition) is 3. The molecule has 3 aromatic rings. The topological polar surface area (TPSA) is 85.1 Å². The van der Waals surface area contributed by atoms with Gasteiger partial charge in [-0.05, 0) is 42.3 Å². The molecule has 0 saturated heterocycles. The number of aromatic nitrogens is 2. The van der Waals surface area contributed by atoms with Crippen molar-refractivity contribution in [3.63, 3.8) is 0 Å². The Morgan fingerprint density at radius 3 is 2.32 bits per heavy atom. The number of methoxy groups -OCH3 is 1. The van der Waals surface area contributed by atoms with Crippen LogP contribution in [0.3, 0.4) is 0 Å². The molecule has 3 rings (SSSR count). The number of para-hydroxylation sites is 1. The fraction of sp³-hybridized carbons (Fsp3) is 0.158. The van der Waals surface area contributed by atoms with Crippen LogP contribution in [0, 0.1) is 0 Å². The fourth-order valence-corrected chi connectivity index (χ4v) is 2.48. The number of benzene rings is 2. The van der Waals surface area contributed by atoms with Crippen LogP contribution in [0.2, 0.25) is 0 Å². The molecule has 0 bridgehead atoms. The van der Waals surface area contributed by atoms with E-state index in [9.17, 15) is 0 Å². The molecule has 25 heavy (non-hydrogen) atoms. The first-order valence-corrected chi connectivity index (χ1v) is 8.07. The molecule has 1 aromatic heterocycles. The molecule has 0 spiro atoms. The van der Waals surface area contributed by atoms with E-state index in [-0.39, 0.29) is 0 Å². The smallest absolute Gasteiger partial charge is 0.159 e. The van der Waals surface area contributed by atoms with Crippen LogP contribution < -0.4 is 21.1 Å². The number of ether oxygens (including phenoxy) is 1. The minimum atomic E-state index is 0.462. The highest BCUT2D eigenvalue weighted by atomic mass is 16.5. The standard InChI is InChI=1S/C19H21N5O/c1-3-13-6-4-5-7-16(13)24-19-17(20)18(21-12-22-19)23-14-8-10-15(25-2)11-9-14/h4-12H,3,20H2,1-2H3,(H2,21,22,23,24). The normalized spacial score (nSPS) is 10.3. The van der Waals surface area contributed by atoms with E-state index in [1.54, 1.807) is 7.11 Å². The number of anilines is 5. The van der Waals surface area contributed by atoms with E-state index in [1.807, 2.05) is 42.5 Å². The van der Waals surface area contributed by atoms with E-state index in [2.05, 4.69) is 33.6 Å². The Kier molecular flexibility index (Phi) is 4.99. The number of nitrogen functional groups attached to an aromatic ring is 1. The zero-order valence-electron chi connectivity index (χ0n) is 14.3. The fourth-order valence-electron chi connectivity index (χ4n) is 2.48. The van der Waals surface area contributed by atoms with E-state index in [1.165, 1.54) is 11.9 Å². The first kappa shape index (κ1) is 16.6.